The molecule has 0 fully saturated rings. The SMILES string of the molecule is OCCCc1cccnc1C1=NNC(c2ccccn2)=NN1. The van der Waals surface area contributed by atoms with Gasteiger partial charge in [0.15, 0.2) is 11.7 Å². The highest BCUT2D eigenvalue weighted by Crippen LogP contribution is 2.10. The Bertz CT molecular complexity index is 698. The lowest BCUT2D eigenvalue weighted by Gasteiger charge is -2.15. The van der Waals surface area contributed by atoms with Crippen LogP contribution in [0.2, 0.25) is 0 Å². The molecule has 0 saturated heterocycles. The molecular weight excluding hydrogens is 280 g/mol. The van der Waals surface area contributed by atoms with Crippen LogP contribution in [0, 0.1) is 0 Å². The Labute approximate surface area is 127 Å². The van der Waals surface area contributed by atoms with Crippen LogP contribution in [-0.2, 0) is 6.42 Å². The molecule has 1 aliphatic heterocycles. The van der Waals surface area contributed by atoms with E-state index in [-0.39, 0.29) is 6.61 Å². The first-order valence-corrected chi connectivity index (χ1v) is 7.02. The lowest BCUT2D eigenvalue weighted by Crippen LogP contribution is -2.35. The van der Waals surface area contributed by atoms with E-state index in [1.54, 1.807) is 12.4 Å². The lowest BCUT2D eigenvalue weighted by atomic mass is 10.1. The van der Waals surface area contributed by atoms with Gasteiger partial charge in [0.05, 0.1) is 0 Å². The smallest absolute Gasteiger partial charge is 0.192 e. The molecule has 2 aromatic rings. The zero-order chi connectivity index (χ0) is 15.2. The van der Waals surface area contributed by atoms with Gasteiger partial charge >= 0.3 is 0 Å². The number of pyridine rings is 2. The lowest BCUT2D eigenvalue weighted by molar-refractivity contribution is 0.288. The van der Waals surface area contributed by atoms with Crippen LogP contribution in [0.1, 0.15) is 23.4 Å². The molecule has 2 aromatic heterocycles. The van der Waals surface area contributed by atoms with Crippen LogP contribution < -0.4 is 10.9 Å². The third kappa shape index (κ3) is 3.09. The number of nitrogens with zero attached hydrogens (tertiary/aromatic N) is 4. The Hall–Kier alpha value is -2.80. The van der Waals surface area contributed by atoms with Gasteiger partial charge in [-0.15, -0.1) is 0 Å². The van der Waals surface area contributed by atoms with Crippen molar-refractivity contribution < 1.29 is 5.11 Å². The summed E-state index contributed by atoms with van der Waals surface area (Å²) in [6, 6.07) is 9.42. The highest BCUT2D eigenvalue weighted by Gasteiger charge is 2.15. The summed E-state index contributed by atoms with van der Waals surface area (Å²) in [6.45, 7) is 0.147. The van der Waals surface area contributed by atoms with E-state index in [9.17, 15) is 0 Å². The monoisotopic (exact) mass is 296 g/mol. The minimum Gasteiger partial charge on any atom is -0.396 e. The van der Waals surface area contributed by atoms with Gasteiger partial charge in [-0.05, 0) is 36.6 Å². The molecule has 0 unspecified atom stereocenters. The zero-order valence-corrected chi connectivity index (χ0v) is 11.9. The number of amidine groups is 2. The maximum absolute atomic E-state index is 8.98. The summed E-state index contributed by atoms with van der Waals surface area (Å²) < 4.78 is 0. The van der Waals surface area contributed by atoms with Gasteiger partial charge in [0.25, 0.3) is 0 Å². The van der Waals surface area contributed by atoms with Crippen molar-refractivity contribution in [2.75, 3.05) is 6.61 Å². The van der Waals surface area contributed by atoms with Crippen LogP contribution in [0.15, 0.2) is 52.9 Å². The Morgan fingerprint density at radius 1 is 0.909 bits per heavy atom. The standard InChI is InChI=1S/C15H16N6O/c22-10-4-6-11-5-3-9-17-13(11)15-20-18-14(19-21-15)12-7-1-2-8-16-12/h1-3,5,7-9,22H,4,6,10H2,(H,18,19)(H,20,21). The van der Waals surface area contributed by atoms with Crippen molar-refractivity contribution in [3.63, 3.8) is 0 Å². The first-order valence-electron chi connectivity index (χ1n) is 7.02. The van der Waals surface area contributed by atoms with Gasteiger partial charge in [-0.2, -0.15) is 10.2 Å². The number of aromatic nitrogens is 2. The van der Waals surface area contributed by atoms with Crippen molar-refractivity contribution in [1.82, 2.24) is 20.8 Å². The quantitative estimate of drug-likeness (QED) is 0.752. The van der Waals surface area contributed by atoms with Gasteiger partial charge in [-0.25, -0.2) is 0 Å². The van der Waals surface area contributed by atoms with Crippen LogP contribution >= 0.6 is 0 Å². The fourth-order valence-corrected chi connectivity index (χ4v) is 2.11. The molecule has 1 aliphatic rings. The molecule has 0 spiro atoms. The summed E-state index contributed by atoms with van der Waals surface area (Å²) in [5.41, 5.74) is 8.25. The van der Waals surface area contributed by atoms with Crippen molar-refractivity contribution >= 4 is 11.7 Å². The Morgan fingerprint density at radius 2 is 1.73 bits per heavy atom. The Balaban J connectivity index is 1.77. The summed E-state index contributed by atoms with van der Waals surface area (Å²) in [5.74, 6) is 1.10. The molecule has 0 atom stereocenters. The predicted molar refractivity (Wildman–Crippen MR) is 83.2 cm³/mol. The minimum absolute atomic E-state index is 0.147. The van der Waals surface area contributed by atoms with Gasteiger partial charge < -0.3 is 5.11 Å². The summed E-state index contributed by atoms with van der Waals surface area (Å²) in [5, 5.41) is 17.5. The summed E-state index contributed by atoms with van der Waals surface area (Å²) in [7, 11) is 0. The van der Waals surface area contributed by atoms with Crippen LogP contribution in [0.5, 0.6) is 0 Å². The molecule has 0 bridgehead atoms. The number of aryl methyl sites for hydroxylation is 1. The highest BCUT2D eigenvalue weighted by molar-refractivity contribution is 6.04. The number of hydrogen-bond acceptors (Lipinski definition) is 7. The highest BCUT2D eigenvalue weighted by atomic mass is 16.2. The van der Waals surface area contributed by atoms with Gasteiger partial charge in [0.2, 0.25) is 0 Å². The first-order chi connectivity index (χ1) is 10.9. The number of hydrogen-bond donors (Lipinski definition) is 3. The fourth-order valence-electron chi connectivity index (χ4n) is 2.11. The first kappa shape index (κ1) is 14.2. The molecule has 0 aliphatic carbocycles. The van der Waals surface area contributed by atoms with Crippen LogP contribution in [0.4, 0.5) is 0 Å². The molecule has 0 amide bonds. The number of aliphatic hydroxyl groups excluding tert-OH is 1. The second-order valence-electron chi connectivity index (χ2n) is 4.70. The van der Waals surface area contributed by atoms with Crippen molar-refractivity contribution in [3.8, 4) is 0 Å². The predicted octanol–water partition coefficient (Wildman–Crippen LogP) is 0.618. The Morgan fingerprint density at radius 3 is 2.45 bits per heavy atom. The summed E-state index contributed by atoms with van der Waals surface area (Å²) in [4.78, 5) is 8.57. The largest absolute Gasteiger partial charge is 0.396 e. The third-order valence-corrected chi connectivity index (χ3v) is 3.17. The van der Waals surface area contributed by atoms with E-state index in [1.165, 1.54) is 0 Å². The molecule has 112 valence electrons. The normalized spacial score (nSPS) is 13.7. The summed E-state index contributed by atoms with van der Waals surface area (Å²) >= 11 is 0. The molecule has 0 aromatic carbocycles. The van der Waals surface area contributed by atoms with Crippen molar-refractivity contribution in [2.45, 2.75) is 12.8 Å². The van der Waals surface area contributed by atoms with Gasteiger partial charge in [-0.3, -0.25) is 20.8 Å². The van der Waals surface area contributed by atoms with E-state index in [1.807, 2.05) is 30.3 Å². The van der Waals surface area contributed by atoms with Crippen LogP contribution in [0.3, 0.4) is 0 Å². The molecule has 0 radical (unpaired) electrons. The molecule has 7 heteroatoms. The molecule has 3 rings (SSSR count). The minimum atomic E-state index is 0.147. The number of hydrazone groups is 2. The maximum atomic E-state index is 8.98. The molecule has 3 heterocycles. The second kappa shape index (κ2) is 6.77. The third-order valence-electron chi connectivity index (χ3n) is 3.17. The van der Waals surface area contributed by atoms with Crippen molar-refractivity contribution in [2.24, 2.45) is 10.2 Å². The second-order valence-corrected chi connectivity index (χ2v) is 4.70. The molecule has 22 heavy (non-hydrogen) atoms. The van der Waals surface area contributed by atoms with Crippen molar-refractivity contribution in [3.05, 3.63) is 59.7 Å². The maximum Gasteiger partial charge on any atom is 0.192 e. The topological polar surface area (TPSA) is 94.8 Å². The van der Waals surface area contributed by atoms with Crippen molar-refractivity contribution in [1.29, 1.82) is 0 Å². The Kier molecular flexibility index (Phi) is 4.35. The fraction of sp³-hybridized carbons (Fsp3) is 0.200. The van der Waals surface area contributed by atoms with Gasteiger partial charge in [-0.1, -0.05) is 12.1 Å². The van der Waals surface area contributed by atoms with E-state index >= 15 is 0 Å². The number of rotatable bonds is 5. The van der Waals surface area contributed by atoms with Gasteiger partial charge in [0.1, 0.15) is 11.4 Å². The number of nitrogens with one attached hydrogen (secondary N) is 2. The van der Waals surface area contributed by atoms with Gasteiger partial charge in [0, 0.05) is 19.0 Å². The zero-order valence-electron chi connectivity index (χ0n) is 11.9. The summed E-state index contributed by atoms with van der Waals surface area (Å²) in [6.07, 6.45) is 4.82. The van der Waals surface area contributed by atoms with E-state index in [0.717, 1.165) is 17.7 Å². The van der Waals surface area contributed by atoms with E-state index in [2.05, 4.69) is 31.0 Å². The van der Waals surface area contributed by atoms with Crippen LogP contribution in [0.25, 0.3) is 0 Å². The molecule has 3 N–H and O–H groups in total. The molecular formula is C15H16N6O. The molecule has 7 nitrogen and oxygen atoms in total. The molecule has 0 saturated carbocycles. The van der Waals surface area contributed by atoms with E-state index in [0.29, 0.717) is 23.8 Å². The van der Waals surface area contributed by atoms with E-state index in [4.69, 9.17) is 5.11 Å². The average Bonchev–Trinajstić information content (AvgIpc) is 2.61. The number of aliphatic hydroxyl groups is 1. The van der Waals surface area contributed by atoms with E-state index < -0.39 is 0 Å². The van der Waals surface area contributed by atoms with Crippen LogP contribution in [-0.4, -0.2) is 33.4 Å². The average molecular weight is 296 g/mol.